The van der Waals surface area contributed by atoms with Crippen molar-refractivity contribution >= 4 is 0 Å². The fourth-order valence-electron chi connectivity index (χ4n) is 8.33. The average molecular weight is 343 g/mol. The van der Waals surface area contributed by atoms with E-state index in [1.54, 1.807) is 5.57 Å². The lowest BCUT2D eigenvalue weighted by Crippen LogP contribution is -2.50. The van der Waals surface area contributed by atoms with Crippen molar-refractivity contribution in [2.24, 2.45) is 40.9 Å². The van der Waals surface area contributed by atoms with Gasteiger partial charge in [0.25, 0.3) is 0 Å². The van der Waals surface area contributed by atoms with Crippen LogP contribution in [-0.2, 0) is 0 Å². The smallest absolute Gasteiger partial charge is 0.0653 e. The molecule has 5 rings (SSSR count). The van der Waals surface area contributed by atoms with E-state index in [-0.39, 0.29) is 5.60 Å². The van der Waals surface area contributed by atoms with E-state index >= 15 is 0 Å². The normalized spacial score (nSPS) is 54.0. The average Bonchev–Trinajstić information content (AvgIpc) is 3.32. The Morgan fingerprint density at radius 3 is 2.52 bits per heavy atom. The maximum Gasteiger partial charge on any atom is 0.0653 e. The summed E-state index contributed by atoms with van der Waals surface area (Å²) in [5, 5.41) is 11.2. The van der Waals surface area contributed by atoms with Crippen LogP contribution in [0.3, 0.4) is 0 Å². The first-order chi connectivity index (χ1) is 12.0. The summed E-state index contributed by atoms with van der Waals surface area (Å²) in [5.41, 5.74) is 2.02. The predicted octanol–water partition coefficient (Wildman–Crippen LogP) is 6.12. The summed E-state index contributed by atoms with van der Waals surface area (Å²) < 4.78 is 0. The van der Waals surface area contributed by atoms with E-state index in [0.29, 0.717) is 5.41 Å². The summed E-state index contributed by atoms with van der Waals surface area (Å²) in [7, 11) is 0. The Hall–Kier alpha value is -0.300. The van der Waals surface area contributed by atoms with Gasteiger partial charge in [-0.1, -0.05) is 31.4 Å². The molecular formula is C24H38O. The number of allylic oxidation sites excluding steroid dienone is 2. The Morgan fingerprint density at radius 2 is 1.76 bits per heavy atom. The van der Waals surface area contributed by atoms with Gasteiger partial charge in [-0.15, -0.1) is 0 Å². The molecule has 5 aliphatic rings. The number of hydrogen-bond acceptors (Lipinski definition) is 1. The van der Waals surface area contributed by atoms with E-state index in [9.17, 15) is 5.11 Å². The minimum atomic E-state index is -0.288. The zero-order chi connectivity index (χ0) is 17.2. The Labute approximate surface area is 154 Å². The van der Waals surface area contributed by atoms with E-state index in [2.05, 4.69) is 19.9 Å². The van der Waals surface area contributed by atoms with Crippen molar-refractivity contribution in [2.45, 2.75) is 96.5 Å². The molecule has 0 heterocycles. The molecule has 0 aromatic carbocycles. The van der Waals surface area contributed by atoms with Gasteiger partial charge >= 0.3 is 0 Å². The number of hydrogen-bond donors (Lipinski definition) is 1. The molecule has 5 saturated carbocycles. The van der Waals surface area contributed by atoms with Crippen LogP contribution >= 0.6 is 0 Å². The quantitative estimate of drug-likeness (QED) is 0.600. The largest absolute Gasteiger partial charge is 0.390 e. The van der Waals surface area contributed by atoms with Crippen LogP contribution in [0.4, 0.5) is 0 Å². The lowest BCUT2D eigenvalue weighted by Gasteiger charge is -2.56. The molecule has 0 amide bonds. The molecule has 1 N–H and O–H groups in total. The fourth-order valence-corrected chi connectivity index (χ4v) is 8.33. The Morgan fingerprint density at radius 1 is 0.960 bits per heavy atom. The van der Waals surface area contributed by atoms with Crippen molar-refractivity contribution in [1.82, 2.24) is 0 Å². The van der Waals surface area contributed by atoms with Crippen LogP contribution in [0.15, 0.2) is 11.6 Å². The first-order valence-electron chi connectivity index (χ1n) is 11.4. The van der Waals surface area contributed by atoms with E-state index in [1.165, 1.54) is 57.8 Å². The van der Waals surface area contributed by atoms with Crippen molar-refractivity contribution in [3.8, 4) is 0 Å². The predicted molar refractivity (Wildman–Crippen MR) is 103 cm³/mol. The van der Waals surface area contributed by atoms with Gasteiger partial charge in [0.05, 0.1) is 5.60 Å². The van der Waals surface area contributed by atoms with Crippen molar-refractivity contribution in [3.05, 3.63) is 11.6 Å². The SMILES string of the molecule is C/C=C1/CC[C@H]2[C@@H]3CC[C@@H]4C[C@@](O)(CC5CC5)CC[C@@H]4[C@H]3CC[C@]12C. The topological polar surface area (TPSA) is 20.2 Å². The molecule has 1 heteroatoms. The second-order valence-electron chi connectivity index (χ2n) is 10.9. The molecule has 0 unspecified atom stereocenters. The highest BCUT2D eigenvalue weighted by atomic mass is 16.3. The van der Waals surface area contributed by atoms with Crippen LogP contribution in [-0.4, -0.2) is 10.7 Å². The summed E-state index contributed by atoms with van der Waals surface area (Å²) >= 11 is 0. The van der Waals surface area contributed by atoms with Gasteiger partial charge in [0.2, 0.25) is 0 Å². The number of rotatable bonds is 2. The third-order valence-corrected chi connectivity index (χ3v) is 9.67. The van der Waals surface area contributed by atoms with Gasteiger partial charge in [-0.25, -0.2) is 0 Å². The maximum absolute atomic E-state index is 11.2. The van der Waals surface area contributed by atoms with Gasteiger partial charge in [0.15, 0.2) is 0 Å². The lowest BCUT2D eigenvalue weighted by atomic mass is 9.49. The molecule has 1 nitrogen and oxygen atoms in total. The summed E-state index contributed by atoms with van der Waals surface area (Å²) in [6.07, 6.45) is 18.5. The van der Waals surface area contributed by atoms with Crippen LogP contribution in [0, 0.1) is 40.9 Å². The van der Waals surface area contributed by atoms with Gasteiger partial charge in [-0.05, 0) is 112 Å². The zero-order valence-corrected chi connectivity index (χ0v) is 16.5. The van der Waals surface area contributed by atoms with Crippen molar-refractivity contribution in [1.29, 1.82) is 0 Å². The summed E-state index contributed by atoms with van der Waals surface area (Å²) in [4.78, 5) is 0. The third-order valence-electron chi connectivity index (χ3n) is 9.67. The van der Waals surface area contributed by atoms with Crippen LogP contribution in [0.5, 0.6) is 0 Å². The molecule has 0 aliphatic heterocycles. The van der Waals surface area contributed by atoms with Crippen LogP contribution in [0.2, 0.25) is 0 Å². The monoisotopic (exact) mass is 342 g/mol. The molecule has 5 aliphatic carbocycles. The second kappa shape index (κ2) is 5.85. The lowest BCUT2D eigenvalue weighted by molar-refractivity contribution is -0.101. The van der Waals surface area contributed by atoms with Gasteiger partial charge in [-0.3, -0.25) is 0 Å². The van der Waals surface area contributed by atoms with Crippen LogP contribution in [0.25, 0.3) is 0 Å². The molecular weight excluding hydrogens is 304 g/mol. The first kappa shape index (κ1) is 16.8. The fraction of sp³-hybridized carbons (Fsp3) is 0.917. The van der Waals surface area contributed by atoms with Crippen molar-refractivity contribution in [2.75, 3.05) is 0 Å². The highest BCUT2D eigenvalue weighted by Gasteiger charge is 2.56. The molecule has 0 aromatic heterocycles. The molecule has 0 spiro atoms. The molecule has 0 bridgehead atoms. The number of aliphatic hydroxyl groups is 1. The van der Waals surface area contributed by atoms with E-state index in [0.717, 1.165) is 54.8 Å². The summed E-state index contributed by atoms with van der Waals surface area (Å²) in [6, 6.07) is 0. The third kappa shape index (κ3) is 2.67. The van der Waals surface area contributed by atoms with Gasteiger partial charge in [-0.2, -0.15) is 0 Å². The molecule has 7 atom stereocenters. The van der Waals surface area contributed by atoms with Crippen LogP contribution in [0.1, 0.15) is 90.9 Å². The Balaban J connectivity index is 1.32. The van der Waals surface area contributed by atoms with E-state index in [4.69, 9.17) is 0 Å². The molecule has 0 radical (unpaired) electrons. The van der Waals surface area contributed by atoms with Gasteiger partial charge in [0.1, 0.15) is 0 Å². The van der Waals surface area contributed by atoms with E-state index in [1.807, 2.05) is 0 Å². The van der Waals surface area contributed by atoms with Crippen molar-refractivity contribution in [3.63, 3.8) is 0 Å². The van der Waals surface area contributed by atoms with Crippen LogP contribution < -0.4 is 0 Å². The minimum absolute atomic E-state index is 0.288. The maximum atomic E-state index is 11.2. The van der Waals surface area contributed by atoms with E-state index < -0.39 is 0 Å². The highest BCUT2D eigenvalue weighted by molar-refractivity contribution is 5.23. The molecule has 0 aromatic rings. The standard InChI is InChI=1S/C24H38O/c1-3-18-7-9-22-21-8-6-17-15-24(25,14-16-4-5-16)13-11-19(17)20(21)10-12-23(18,22)2/h3,16-17,19-22,25H,4-15H2,1-2H3/b18-3-/t17-,19+,20-,21-,22+,23-,24+/m1/s1. The molecule has 140 valence electrons. The number of fused-ring (bicyclic) bond motifs is 5. The van der Waals surface area contributed by atoms with Gasteiger partial charge in [0, 0.05) is 0 Å². The summed E-state index contributed by atoms with van der Waals surface area (Å²) in [6.45, 7) is 4.87. The first-order valence-corrected chi connectivity index (χ1v) is 11.4. The zero-order valence-electron chi connectivity index (χ0n) is 16.5. The second-order valence-corrected chi connectivity index (χ2v) is 10.9. The highest BCUT2D eigenvalue weighted by Crippen LogP contribution is 2.64. The minimum Gasteiger partial charge on any atom is -0.390 e. The van der Waals surface area contributed by atoms with Gasteiger partial charge < -0.3 is 5.11 Å². The summed E-state index contributed by atoms with van der Waals surface area (Å²) in [5.74, 6) is 5.59. The molecule has 0 saturated heterocycles. The molecule has 5 fully saturated rings. The Kier molecular flexibility index (Phi) is 3.94. The molecule has 25 heavy (non-hydrogen) atoms. The Bertz CT molecular complexity index is 560. The van der Waals surface area contributed by atoms with Crippen molar-refractivity contribution < 1.29 is 5.11 Å².